The Morgan fingerprint density at radius 1 is 1.41 bits per heavy atom. The van der Waals surface area contributed by atoms with Gasteiger partial charge in [-0.1, -0.05) is 42.3 Å². The van der Waals surface area contributed by atoms with Gasteiger partial charge >= 0.3 is 0 Å². The average Bonchev–Trinajstić information content (AvgIpc) is 2.71. The topological polar surface area (TPSA) is 12.0 Å². The third kappa shape index (κ3) is 3.11. The van der Waals surface area contributed by atoms with Crippen LogP contribution in [0.25, 0.3) is 0 Å². The number of halogens is 1. The first-order valence-electron chi connectivity index (χ1n) is 6.79. The highest BCUT2D eigenvalue weighted by atomic mass is 79.9. The molecule has 0 radical (unpaired) electrons. The summed E-state index contributed by atoms with van der Waals surface area (Å²) in [5.41, 5.74) is 3.03. The Bertz CT molecular complexity index is 375. The Hall–Kier alpha value is -0.340. The molecule has 0 spiro atoms. The first-order chi connectivity index (χ1) is 8.24. The van der Waals surface area contributed by atoms with Gasteiger partial charge < -0.3 is 5.32 Å². The predicted octanol–water partition coefficient (Wildman–Crippen LogP) is 4.60. The summed E-state index contributed by atoms with van der Waals surface area (Å²) in [5.74, 6) is 0. The van der Waals surface area contributed by atoms with Gasteiger partial charge in [0.25, 0.3) is 0 Å². The molecule has 2 unspecified atom stereocenters. The van der Waals surface area contributed by atoms with Crippen molar-refractivity contribution in [3.8, 4) is 0 Å². The SMILES string of the molecule is CCCC(CC)NC1CCc2cc(Br)ccc21. The molecule has 0 saturated heterocycles. The molecule has 17 heavy (non-hydrogen) atoms. The van der Waals surface area contributed by atoms with E-state index in [4.69, 9.17) is 0 Å². The van der Waals surface area contributed by atoms with Crippen LogP contribution in [-0.4, -0.2) is 6.04 Å². The zero-order chi connectivity index (χ0) is 12.3. The minimum absolute atomic E-state index is 0.578. The lowest BCUT2D eigenvalue weighted by atomic mass is 10.0. The quantitative estimate of drug-likeness (QED) is 0.837. The molecule has 2 rings (SSSR count). The van der Waals surface area contributed by atoms with Crippen molar-refractivity contribution in [2.75, 3.05) is 0 Å². The van der Waals surface area contributed by atoms with Crippen molar-refractivity contribution < 1.29 is 0 Å². The third-order valence-electron chi connectivity index (χ3n) is 3.75. The molecule has 1 nitrogen and oxygen atoms in total. The second kappa shape index (κ2) is 6.01. The first-order valence-corrected chi connectivity index (χ1v) is 7.58. The van der Waals surface area contributed by atoms with Crippen LogP contribution in [0.15, 0.2) is 22.7 Å². The Balaban J connectivity index is 2.06. The summed E-state index contributed by atoms with van der Waals surface area (Å²) in [6.45, 7) is 4.55. The largest absolute Gasteiger partial charge is 0.307 e. The van der Waals surface area contributed by atoms with Gasteiger partial charge in [0.1, 0.15) is 0 Å². The van der Waals surface area contributed by atoms with Crippen molar-refractivity contribution in [2.24, 2.45) is 0 Å². The Morgan fingerprint density at radius 2 is 2.24 bits per heavy atom. The monoisotopic (exact) mass is 295 g/mol. The van der Waals surface area contributed by atoms with Crippen LogP contribution in [0.4, 0.5) is 0 Å². The van der Waals surface area contributed by atoms with Gasteiger partial charge in [-0.05, 0) is 48.9 Å². The normalized spacial score (nSPS) is 20.3. The molecule has 2 heteroatoms. The number of hydrogen-bond donors (Lipinski definition) is 1. The van der Waals surface area contributed by atoms with Crippen molar-refractivity contribution in [2.45, 2.75) is 58.0 Å². The van der Waals surface area contributed by atoms with Crippen molar-refractivity contribution in [1.29, 1.82) is 0 Å². The van der Waals surface area contributed by atoms with Crippen molar-refractivity contribution >= 4 is 15.9 Å². The van der Waals surface area contributed by atoms with E-state index >= 15 is 0 Å². The molecule has 0 amide bonds. The summed E-state index contributed by atoms with van der Waals surface area (Å²) >= 11 is 3.55. The van der Waals surface area contributed by atoms with E-state index in [2.05, 4.69) is 53.3 Å². The second-order valence-electron chi connectivity index (χ2n) is 4.99. The van der Waals surface area contributed by atoms with Crippen LogP contribution in [0.5, 0.6) is 0 Å². The van der Waals surface area contributed by atoms with Crippen molar-refractivity contribution in [3.05, 3.63) is 33.8 Å². The molecular weight excluding hydrogens is 274 g/mol. The standard InChI is InChI=1S/C15H22BrN/c1-3-5-13(4-2)17-15-9-6-11-10-12(16)7-8-14(11)15/h7-8,10,13,15,17H,3-6,9H2,1-2H3. The highest BCUT2D eigenvalue weighted by Gasteiger charge is 2.23. The van der Waals surface area contributed by atoms with Gasteiger partial charge in [-0.3, -0.25) is 0 Å². The molecule has 1 aliphatic carbocycles. The summed E-state index contributed by atoms with van der Waals surface area (Å²) in [6, 6.07) is 7.98. The fourth-order valence-electron chi connectivity index (χ4n) is 2.80. The maximum Gasteiger partial charge on any atom is 0.0328 e. The third-order valence-corrected chi connectivity index (χ3v) is 4.24. The van der Waals surface area contributed by atoms with Gasteiger partial charge in [-0.25, -0.2) is 0 Å². The lowest BCUT2D eigenvalue weighted by Crippen LogP contribution is -2.31. The number of benzene rings is 1. The maximum absolute atomic E-state index is 3.83. The Labute approximate surface area is 113 Å². The zero-order valence-corrected chi connectivity index (χ0v) is 12.4. The molecular formula is C15H22BrN. The molecule has 94 valence electrons. The number of fused-ring (bicyclic) bond motifs is 1. The lowest BCUT2D eigenvalue weighted by molar-refractivity contribution is 0.400. The fourth-order valence-corrected chi connectivity index (χ4v) is 3.21. The van der Waals surface area contributed by atoms with Gasteiger partial charge in [-0.15, -0.1) is 0 Å². The van der Waals surface area contributed by atoms with Crippen LogP contribution in [0.2, 0.25) is 0 Å². The van der Waals surface area contributed by atoms with Crippen LogP contribution in [0, 0.1) is 0 Å². The van der Waals surface area contributed by atoms with E-state index in [-0.39, 0.29) is 0 Å². The lowest BCUT2D eigenvalue weighted by Gasteiger charge is -2.22. The van der Waals surface area contributed by atoms with E-state index in [9.17, 15) is 0 Å². The zero-order valence-electron chi connectivity index (χ0n) is 10.8. The Kier molecular flexibility index (Phi) is 4.63. The molecule has 0 heterocycles. The van der Waals surface area contributed by atoms with Crippen LogP contribution < -0.4 is 5.32 Å². The van der Waals surface area contributed by atoms with Gasteiger partial charge in [0.2, 0.25) is 0 Å². The maximum atomic E-state index is 3.83. The van der Waals surface area contributed by atoms with Crippen LogP contribution in [0.1, 0.15) is 56.7 Å². The molecule has 1 N–H and O–H groups in total. The van der Waals surface area contributed by atoms with E-state index < -0.39 is 0 Å². The summed E-state index contributed by atoms with van der Waals surface area (Å²) in [5, 5.41) is 3.83. The van der Waals surface area contributed by atoms with Crippen LogP contribution >= 0.6 is 15.9 Å². The average molecular weight is 296 g/mol. The van der Waals surface area contributed by atoms with E-state index in [1.807, 2.05) is 0 Å². The molecule has 0 aromatic heterocycles. The molecule has 1 aromatic carbocycles. The first kappa shape index (κ1) is 13.1. The predicted molar refractivity (Wildman–Crippen MR) is 77.3 cm³/mol. The number of aryl methyl sites for hydroxylation is 1. The van der Waals surface area contributed by atoms with Gasteiger partial charge in [-0.2, -0.15) is 0 Å². The van der Waals surface area contributed by atoms with Crippen molar-refractivity contribution in [1.82, 2.24) is 5.32 Å². The van der Waals surface area contributed by atoms with Gasteiger partial charge in [0.15, 0.2) is 0 Å². The highest BCUT2D eigenvalue weighted by molar-refractivity contribution is 9.10. The van der Waals surface area contributed by atoms with E-state index in [1.165, 1.54) is 47.7 Å². The minimum Gasteiger partial charge on any atom is -0.307 e. The van der Waals surface area contributed by atoms with Crippen molar-refractivity contribution in [3.63, 3.8) is 0 Å². The molecule has 0 bridgehead atoms. The van der Waals surface area contributed by atoms with Crippen LogP contribution in [-0.2, 0) is 6.42 Å². The summed E-state index contributed by atoms with van der Waals surface area (Å²) in [7, 11) is 0. The molecule has 1 aromatic rings. The van der Waals surface area contributed by atoms with Gasteiger partial charge in [0, 0.05) is 16.6 Å². The summed E-state index contributed by atoms with van der Waals surface area (Å²) in [6.07, 6.45) is 6.27. The van der Waals surface area contributed by atoms with E-state index in [0.29, 0.717) is 12.1 Å². The number of rotatable bonds is 5. The molecule has 2 atom stereocenters. The molecule has 0 saturated carbocycles. The fraction of sp³-hybridized carbons (Fsp3) is 0.600. The number of nitrogens with one attached hydrogen (secondary N) is 1. The molecule has 1 aliphatic rings. The van der Waals surface area contributed by atoms with E-state index in [0.717, 1.165) is 0 Å². The smallest absolute Gasteiger partial charge is 0.0328 e. The van der Waals surface area contributed by atoms with E-state index in [1.54, 1.807) is 0 Å². The molecule has 0 aliphatic heterocycles. The minimum atomic E-state index is 0.578. The van der Waals surface area contributed by atoms with Gasteiger partial charge in [0.05, 0.1) is 0 Å². The summed E-state index contributed by atoms with van der Waals surface area (Å²) < 4.78 is 1.21. The highest BCUT2D eigenvalue weighted by Crippen LogP contribution is 2.33. The Morgan fingerprint density at radius 3 is 2.94 bits per heavy atom. The van der Waals surface area contributed by atoms with Crippen LogP contribution in [0.3, 0.4) is 0 Å². The molecule has 0 fully saturated rings. The summed E-state index contributed by atoms with van der Waals surface area (Å²) in [4.78, 5) is 0. The second-order valence-corrected chi connectivity index (χ2v) is 5.91. The number of hydrogen-bond acceptors (Lipinski definition) is 1.